The van der Waals surface area contributed by atoms with Crippen LogP contribution in [0, 0.1) is 0 Å². The van der Waals surface area contributed by atoms with Crippen LogP contribution >= 0.6 is 15.9 Å². The predicted octanol–water partition coefficient (Wildman–Crippen LogP) is 4.61. The van der Waals surface area contributed by atoms with Crippen LogP contribution in [0.2, 0.25) is 0 Å². The maximum Gasteiger partial charge on any atom is 0.187 e. The van der Waals surface area contributed by atoms with Crippen molar-refractivity contribution in [3.8, 4) is 11.5 Å². The molecule has 0 unspecified atom stereocenters. The standard InChI is InChI=1S/C18H15BrN4O2/c1-10-22-16-15-13(8-14(24-2)17(16)25-3)20-9-21-18(15)23(10)12-6-4-5-11(19)7-12/h4-9H,1-3H3. The summed E-state index contributed by atoms with van der Waals surface area (Å²) < 4.78 is 12.0. The van der Waals surface area contributed by atoms with Crippen molar-refractivity contribution in [1.82, 2.24) is 9.97 Å². The minimum Gasteiger partial charge on any atom is -0.493 e. The molecular formula is C18H15BrN4O2. The van der Waals surface area contributed by atoms with Gasteiger partial charge in [0, 0.05) is 16.2 Å². The summed E-state index contributed by atoms with van der Waals surface area (Å²) in [4.78, 5) is 15.7. The highest BCUT2D eigenvalue weighted by atomic mass is 79.9. The van der Waals surface area contributed by atoms with Gasteiger partial charge in [0.2, 0.25) is 0 Å². The molecule has 1 aliphatic heterocycles. The van der Waals surface area contributed by atoms with Gasteiger partial charge in [-0.3, -0.25) is 4.90 Å². The molecular weight excluding hydrogens is 384 g/mol. The SMILES string of the molecule is COc1cc2ncnc3c2c(c1OC)N=C(C)N3c1cccc(Br)c1. The maximum atomic E-state index is 5.55. The molecule has 1 aliphatic rings. The molecule has 2 aromatic carbocycles. The predicted molar refractivity (Wildman–Crippen MR) is 102 cm³/mol. The van der Waals surface area contributed by atoms with Crippen molar-refractivity contribution in [3.05, 3.63) is 41.1 Å². The normalized spacial score (nSPS) is 13.0. The molecule has 0 radical (unpaired) electrons. The van der Waals surface area contributed by atoms with Crippen LogP contribution in [0.25, 0.3) is 10.9 Å². The van der Waals surface area contributed by atoms with Crippen molar-refractivity contribution in [1.29, 1.82) is 0 Å². The van der Waals surface area contributed by atoms with Gasteiger partial charge in [0.25, 0.3) is 0 Å². The molecule has 6 nitrogen and oxygen atoms in total. The molecule has 0 fully saturated rings. The van der Waals surface area contributed by atoms with Crippen LogP contribution < -0.4 is 14.4 Å². The topological polar surface area (TPSA) is 59.8 Å². The molecule has 0 N–H and O–H groups in total. The fraction of sp³-hybridized carbons (Fsp3) is 0.167. The Hall–Kier alpha value is -2.67. The van der Waals surface area contributed by atoms with Crippen LogP contribution in [0.5, 0.6) is 11.5 Å². The lowest BCUT2D eigenvalue weighted by Crippen LogP contribution is -2.26. The quantitative estimate of drug-likeness (QED) is 0.644. The summed E-state index contributed by atoms with van der Waals surface area (Å²) in [6.07, 6.45) is 1.55. The molecule has 0 bridgehead atoms. The largest absolute Gasteiger partial charge is 0.493 e. The van der Waals surface area contributed by atoms with E-state index in [0.29, 0.717) is 17.2 Å². The first-order chi connectivity index (χ1) is 12.1. The molecule has 0 saturated heterocycles. The number of methoxy groups -OCH3 is 2. The van der Waals surface area contributed by atoms with Crippen LogP contribution in [0.3, 0.4) is 0 Å². The van der Waals surface area contributed by atoms with Gasteiger partial charge in [0.05, 0.1) is 25.1 Å². The molecule has 0 amide bonds. The van der Waals surface area contributed by atoms with E-state index in [2.05, 4.69) is 25.9 Å². The lowest BCUT2D eigenvalue weighted by molar-refractivity contribution is 0.356. The molecule has 0 atom stereocenters. The van der Waals surface area contributed by atoms with Gasteiger partial charge in [-0.15, -0.1) is 0 Å². The van der Waals surface area contributed by atoms with Crippen LogP contribution in [0.4, 0.5) is 17.2 Å². The maximum absolute atomic E-state index is 5.55. The Morgan fingerprint density at radius 3 is 2.64 bits per heavy atom. The molecule has 0 saturated carbocycles. The number of anilines is 2. The van der Waals surface area contributed by atoms with Crippen molar-refractivity contribution in [2.75, 3.05) is 19.1 Å². The van der Waals surface area contributed by atoms with Crippen LogP contribution in [-0.4, -0.2) is 30.0 Å². The van der Waals surface area contributed by atoms with Gasteiger partial charge in [0.15, 0.2) is 17.3 Å². The first-order valence-corrected chi connectivity index (χ1v) is 8.44. The fourth-order valence-electron chi connectivity index (χ4n) is 3.06. The van der Waals surface area contributed by atoms with Gasteiger partial charge in [-0.2, -0.15) is 0 Å². The van der Waals surface area contributed by atoms with Gasteiger partial charge < -0.3 is 9.47 Å². The van der Waals surface area contributed by atoms with E-state index < -0.39 is 0 Å². The Balaban J connectivity index is 2.05. The zero-order valence-corrected chi connectivity index (χ0v) is 15.5. The summed E-state index contributed by atoms with van der Waals surface area (Å²) in [6, 6.07) is 9.85. The van der Waals surface area contributed by atoms with Crippen molar-refractivity contribution < 1.29 is 9.47 Å². The van der Waals surface area contributed by atoms with Crippen molar-refractivity contribution >= 4 is 49.9 Å². The average Bonchev–Trinajstić information content (AvgIpc) is 2.61. The van der Waals surface area contributed by atoms with E-state index in [1.807, 2.05) is 42.2 Å². The highest BCUT2D eigenvalue weighted by Crippen LogP contribution is 2.49. The number of halogens is 1. The molecule has 126 valence electrons. The molecule has 3 aromatic rings. The molecule has 25 heavy (non-hydrogen) atoms. The van der Waals surface area contributed by atoms with E-state index in [9.17, 15) is 0 Å². The van der Waals surface area contributed by atoms with Crippen LogP contribution in [0.15, 0.2) is 46.1 Å². The Morgan fingerprint density at radius 1 is 1.08 bits per heavy atom. The Labute approximate surface area is 153 Å². The number of ether oxygens (including phenoxy) is 2. The fourth-order valence-corrected chi connectivity index (χ4v) is 3.45. The van der Waals surface area contributed by atoms with E-state index in [4.69, 9.17) is 14.5 Å². The van der Waals surface area contributed by atoms with Crippen LogP contribution in [-0.2, 0) is 0 Å². The number of hydrogen-bond acceptors (Lipinski definition) is 6. The summed E-state index contributed by atoms with van der Waals surface area (Å²) >= 11 is 3.52. The minimum atomic E-state index is 0.583. The Kier molecular flexibility index (Phi) is 3.80. The third kappa shape index (κ3) is 2.42. The Morgan fingerprint density at radius 2 is 1.92 bits per heavy atom. The van der Waals surface area contributed by atoms with E-state index in [1.54, 1.807) is 20.5 Å². The lowest BCUT2D eigenvalue weighted by atomic mass is 10.1. The summed E-state index contributed by atoms with van der Waals surface area (Å²) in [5.41, 5.74) is 2.42. The number of nitrogens with zero attached hydrogens (tertiary/aromatic N) is 4. The first-order valence-electron chi connectivity index (χ1n) is 7.64. The number of aliphatic imine (C=N–C) groups is 1. The zero-order valence-electron chi connectivity index (χ0n) is 13.9. The number of hydrogen-bond donors (Lipinski definition) is 0. The third-order valence-corrected chi connectivity index (χ3v) is 4.59. The molecule has 1 aromatic heterocycles. The minimum absolute atomic E-state index is 0.583. The Bertz CT molecular complexity index is 1020. The molecule has 7 heteroatoms. The highest BCUT2D eigenvalue weighted by Gasteiger charge is 2.28. The van der Waals surface area contributed by atoms with E-state index in [1.165, 1.54) is 0 Å². The van der Waals surface area contributed by atoms with Crippen molar-refractivity contribution in [3.63, 3.8) is 0 Å². The summed E-state index contributed by atoms with van der Waals surface area (Å²) in [6.45, 7) is 1.94. The van der Waals surface area contributed by atoms with E-state index in [0.717, 1.165) is 32.7 Å². The number of aromatic nitrogens is 2. The first kappa shape index (κ1) is 15.8. The van der Waals surface area contributed by atoms with Crippen molar-refractivity contribution in [2.24, 2.45) is 4.99 Å². The second-order valence-corrected chi connectivity index (χ2v) is 6.44. The molecule has 2 heterocycles. The number of benzene rings is 2. The monoisotopic (exact) mass is 398 g/mol. The van der Waals surface area contributed by atoms with Gasteiger partial charge >= 0.3 is 0 Å². The molecule has 0 spiro atoms. The summed E-state index contributed by atoms with van der Waals surface area (Å²) in [7, 11) is 3.21. The van der Waals surface area contributed by atoms with Gasteiger partial charge in [-0.1, -0.05) is 22.0 Å². The lowest BCUT2D eigenvalue weighted by Gasteiger charge is -2.29. The molecule has 4 rings (SSSR count). The zero-order chi connectivity index (χ0) is 17.6. The summed E-state index contributed by atoms with van der Waals surface area (Å²) in [5.74, 6) is 2.74. The average molecular weight is 399 g/mol. The number of rotatable bonds is 3. The van der Waals surface area contributed by atoms with Crippen molar-refractivity contribution in [2.45, 2.75) is 6.92 Å². The van der Waals surface area contributed by atoms with Gasteiger partial charge in [-0.25, -0.2) is 15.0 Å². The van der Waals surface area contributed by atoms with Gasteiger partial charge in [0.1, 0.15) is 17.9 Å². The van der Waals surface area contributed by atoms with E-state index >= 15 is 0 Å². The second kappa shape index (κ2) is 6.00. The molecule has 0 aliphatic carbocycles. The van der Waals surface area contributed by atoms with Crippen LogP contribution in [0.1, 0.15) is 6.92 Å². The smallest absolute Gasteiger partial charge is 0.187 e. The summed E-state index contributed by atoms with van der Waals surface area (Å²) in [5, 5.41) is 0.839. The van der Waals surface area contributed by atoms with Gasteiger partial charge in [-0.05, 0) is 25.1 Å². The highest BCUT2D eigenvalue weighted by molar-refractivity contribution is 9.10. The van der Waals surface area contributed by atoms with E-state index in [-0.39, 0.29) is 0 Å². The third-order valence-electron chi connectivity index (χ3n) is 4.10. The number of amidine groups is 1. The second-order valence-electron chi connectivity index (χ2n) is 5.53.